The van der Waals surface area contributed by atoms with E-state index in [1.54, 1.807) is 7.11 Å². The highest BCUT2D eigenvalue weighted by atomic mass is 16.5. The molecule has 27 heavy (non-hydrogen) atoms. The van der Waals surface area contributed by atoms with Crippen molar-refractivity contribution in [3.63, 3.8) is 0 Å². The quantitative estimate of drug-likeness (QED) is 0.851. The van der Waals surface area contributed by atoms with Gasteiger partial charge in [-0.3, -0.25) is 9.88 Å². The molecule has 5 heteroatoms. The van der Waals surface area contributed by atoms with Gasteiger partial charge in [0.1, 0.15) is 0 Å². The molecule has 1 saturated heterocycles. The first-order valence-electron chi connectivity index (χ1n) is 9.96. The van der Waals surface area contributed by atoms with Crippen molar-refractivity contribution >= 4 is 0 Å². The van der Waals surface area contributed by atoms with Crippen molar-refractivity contribution < 1.29 is 9.47 Å². The summed E-state index contributed by atoms with van der Waals surface area (Å²) < 4.78 is 11.4. The number of piperidine rings is 1. The van der Waals surface area contributed by atoms with Crippen molar-refractivity contribution in [1.82, 2.24) is 15.2 Å². The molecule has 0 aliphatic carbocycles. The van der Waals surface area contributed by atoms with E-state index in [1.165, 1.54) is 18.4 Å². The van der Waals surface area contributed by atoms with Crippen LogP contribution in [0.2, 0.25) is 0 Å². The molecule has 1 fully saturated rings. The van der Waals surface area contributed by atoms with E-state index >= 15 is 0 Å². The van der Waals surface area contributed by atoms with E-state index in [1.807, 2.05) is 24.4 Å². The van der Waals surface area contributed by atoms with E-state index in [-0.39, 0.29) is 0 Å². The minimum absolute atomic E-state index is 0.524. The Bertz CT molecular complexity index is 730. The number of hydrogen-bond acceptors (Lipinski definition) is 5. The number of aromatic nitrogens is 1. The zero-order valence-corrected chi connectivity index (χ0v) is 16.1. The lowest BCUT2D eigenvalue weighted by molar-refractivity contribution is 0.172. The van der Waals surface area contributed by atoms with Crippen molar-refractivity contribution in [1.29, 1.82) is 0 Å². The second-order valence-corrected chi connectivity index (χ2v) is 7.61. The molecule has 1 aromatic carbocycles. The molecule has 3 heterocycles. The number of likely N-dealkylation sites (tertiary alicyclic amines) is 1. The number of ether oxygens (including phenoxy) is 2. The number of methoxy groups -OCH3 is 1. The SMILES string of the molecule is COc1cccc2c1OC[C@@H](CNC1CCN(Cc3ccccn3)CC1)C2. The van der Waals surface area contributed by atoms with Gasteiger partial charge in [0.25, 0.3) is 0 Å². The number of nitrogens with one attached hydrogen (secondary N) is 1. The molecule has 144 valence electrons. The number of hydrogen-bond donors (Lipinski definition) is 1. The molecule has 2 aromatic rings. The number of fused-ring (bicyclic) bond motifs is 1. The van der Waals surface area contributed by atoms with Crippen LogP contribution in [0.3, 0.4) is 0 Å². The molecule has 1 N–H and O–H groups in total. The first kappa shape index (κ1) is 18.3. The monoisotopic (exact) mass is 367 g/mol. The Labute approximate surface area is 161 Å². The predicted molar refractivity (Wildman–Crippen MR) is 106 cm³/mol. The molecule has 2 aliphatic heterocycles. The maximum Gasteiger partial charge on any atom is 0.164 e. The second kappa shape index (κ2) is 8.72. The molecule has 0 amide bonds. The van der Waals surface area contributed by atoms with E-state index in [4.69, 9.17) is 9.47 Å². The Kier molecular flexibility index (Phi) is 5.90. The fraction of sp³-hybridized carbons (Fsp3) is 0.500. The molecule has 0 spiro atoms. The fourth-order valence-electron chi connectivity index (χ4n) is 4.10. The Morgan fingerprint density at radius 1 is 1.19 bits per heavy atom. The first-order valence-corrected chi connectivity index (χ1v) is 9.96. The lowest BCUT2D eigenvalue weighted by Crippen LogP contribution is -2.44. The highest BCUT2D eigenvalue weighted by Gasteiger charge is 2.24. The fourth-order valence-corrected chi connectivity index (χ4v) is 4.10. The molecule has 4 rings (SSSR count). The van der Waals surface area contributed by atoms with Gasteiger partial charge in [0.05, 0.1) is 19.4 Å². The molecule has 1 atom stereocenters. The highest BCUT2D eigenvalue weighted by Crippen LogP contribution is 2.35. The topological polar surface area (TPSA) is 46.6 Å². The van der Waals surface area contributed by atoms with Crippen LogP contribution >= 0.6 is 0 Å². The van der Waals surface area contributed by atoms with Crippen molar-refractivity contribution in [2.75, 3.05) is 33.4 Å². The van der Waals surface area contributed by atoms with Gasteiger partial charge >= 0.3 is 0 Å². The van der Waals surface area contributed by atoms with E-state index < -0.39 is 0 Å². The normalized spacial score (nSPS) is 20.7. The summed E-state index contributed by atoms with van der Waals surface area (Å²) in [5, 5.41) is 3.78. The van der Waals surface area contributed by atoms with E-state index in [9.17, 15) is 0 Å². The summed E-state index contributed by atoms with van der Waals surface area (Å²) >= 11 is 0. The van der Waals surface area contributed by atoms with Crippen LogP contribution in [0, 0.1) is 5.92 Å². The predicted octanol–water partition coefficient (Wildman–Crippen LogP) is 2.90. The van der Waals surface area contributed by atoms with Gasteiger partial charge < -0.3 is 14.8 Å². The van der Waals surface area contributed by atoms with E-state index in [2.05, 4.69) is 33.4 Å². The maximum absolute atomic E-state index is 6.00. The van der Waals surface area contributed by atoms with Crippen LogP contribution in [0.5, 0.6) is 11.5 Å². The van der Waals surface area contributed by atoms with Crippen molar-refractivity contribution in [2.24, 2.45) is 5.92 Å². The maximum atomic E-state index is 6.00. The lowest BCUT2D eigenvalue weighted by Gasteiger charge is -2.34. The van der Waals surface area contributed by atoms with Gasteiger partial charge in [-0.2, -0.15) is 0 Å². The standard InChI is InChI=1S/C22H29N3O2/c1-26-21-7-4-5-18-13-17(16-27-22(18)21)14-24-19-8-11-25(12-9-19)15-20-6-2-3-10-23-20/h2-7,10,17,19,24H,8-9,11-16H2,1H3/t17-/m1/s1. The molecule has 1 aromatic heterocycles. The summed E-state index contributed by atoms with van der Waals surface area (Å²) in [7, 11) is 1.70. The van der Waals surface area contributed by atoms with Gasteiger partial charge in [-0.05, 0) is 43.0 Å². The molecular weight excluding hydrogens is 338 g/mol. The zero-order chi connectivity index (χ0) is 18.5. The van der Waals surface area contributed by atoms with Crippen LogP contribution in [0.15, 0.2) is 42.6 Å². The minimum atomic E-state index is 0.524. The lowest BCUT2D eigenvalue weighted by atomic mass is 9.95. The number of pyridine rings is 1. The van der Waals surface area contributed by atoms with Gasteiger partial charge in [-0.25, -0.2) is 0 Å². The third-order valence-electron chi connectivity index (χ3n) is 5.65. The van der Waals surface area contributed by atoms with Crippen molar-refractivity contribution in [3.8, 4) is 11.5 Å². The first-order chi connectivity index (χ1) is 13.3. The van der Waals surface area contributed by atoms with Crippen LogP contribution in [0.25, 0.3) is 0 Å². The van der Waals surface area contributed by atoms with Crippen LogP contribution < -0.4 is 14.8 Å². The van der Waals surface area contributed by atoms with Gasteiger partial charge in [-0.1, -0.05) is 18.2 Å². The third kappa shape index (κ3) is 4.60. The Morgan fingerprint density at radius 2 is 2.07 bits per heavy atom. The number of benzene rings is 1. The van der Waals surface area contributed by atoms with Crippen LogP contribution in [-0.4, -0.2) is 49.3 Å². The van der Waals surface area contributed by atoms with Gasteiger partial charge in [0.15, 0.2) is 11.5 Å². The van der Waals surface area contributed by atoms with Crippen molar-refractivity contribution in [2.45, 2.75) is 31.8 Å². The number of para-hydroxylation sites is 1. The third-order valence-corrected chi connectivity index (χ3v) is 5.65. The summed E-state index contributed by atoms with van der Waals surface area (Å²) in [6.07, 6.45) is 5.33. The number of nitrogens with zero attached hydrogens (tertiary/aromatic N) is 2. The highest BCUT2D eigenvalue weighted by molar-refractivity contribution is 5.47. The smallest absolute Gasteiger partial charge is 0.164 e. The average Bonchev–Trinajstić information content (AvgIpc) is 2.73. The molecule has 2 aliphatic rings. The summed E-state index contributed by atoms with van der Waals surface area (Å²) in [4.78, 5) is 6.95. The Balaban J connectivity index is 1.21. The van der Waals surface area contributed by atoms with Gasteiger partial charge in [-0.15, -0.1) is 0 Å². The van der Waals surface area contributed by atoms with E-state index in [0.29, 0.717) is 12.0 Å². The summed E-state index contributed by atoms with van der Waals surface area (Å²) in [6.45, 7) is 5.01. The summed E-state index contributed by atoms with van der Waals surface area (Å²) in [5.41, 5.74) is 2.43. The zero-order valence-electron chi connectivity index (χ0n) is 16.1. The van der Waals surface area contributed by atoms with Crippen LogP contribution in [0.1, 0.15) is 24.1 Å². The minimum Gasteiger partial charge on any atom is -0.493 e. The largest absolute Gasteiger partial charge is 0.493 e. The molecular formula is C22H29N3O2. The van der Waals surface area contributed by atoms with Crippen molar-refractivity contribution in [3.05, 3.63) is 53.9 Å². The molecule has 0 radical (unpaired) electrons. The van der Waals surface area contributed by atoms with Crippen LogP contribution in [0.4, 0.5) is 0 Å². The number of rotatable bonds is 6. The van der Waals surface area contributed by atoms with Gasteiger partial charge in [0.2, 0.25) is 0 Å². The van der Waals surface area contributed by atoms with Gasteiger partial charge in [0, 0.05) is 44.3 Å². The molecule has 0 bridgehead atoms. The molecule has 0 saturated carbocycles. The summed E-state index contributed by atoms with van der Waals surface area (Å²) in [5.74, 6) is 2.30. The average molecular weight is 367 g/mol. The Morgan fingerprint density at radius 3 is 2.85 bits per heavy atom. The summed E-state index contributed by atoms with van der Waals surface area (Å²) in [6, 6.07) is 12.9. The molecule has 0 unspecified atom stereocenters. The molecule has 5 nitrogen and oxygen atoms in total. The van der Waals surface area contributed by atoms with Crippen LogP contribution in [-0.2, 0) is 13.0 Å². The Hall–Kier alpha value is -2.11. The second-order valence-electron chi connectivity index (χ2n) is 7.61. The van der Waals surface area contributed by atoms with E-state index in [0.717, 1.165) is 56.4 Å².